The fraction of sp³-hybridized carbons (Fsp3) is 0.235. The second-order valence-electron chi connectivity index (χ2n) is 4.83. The average Bonchev–Trinajstić information content (AvgIpc) is 2.55. The van der Waals surface area contributed by atoms with E-state index in [0.29, 0.717) is 22.4 Å². The van der Waals surface area contributed by atoms with Crippen molar-refractivity contribution in [2.75, 3.05) is 26.1 Å². The molecule has 2 rings (SSSR count). The van der Waals surface area contributed by atoms with Crippen LogP contribution in [-0.2, 0) is 6.42 Å². The van der Waals surface area contributed by atoms with Gasteiger partial charge < -0.3 is 20.1 Å². The maximum absolute atomic E-state index is 6.00. The third kappa shape index (κ3) is 5.30. The summed E-state index contributed by atoms with van der Waals surface area (Å²) in [5, 5.41) is 7.41. The smallest absolute Gasteiger partial charge is 0.170 e. The molecule has 0 aliphatic heterocycles. The second kappa shape index (κ2) is 8.60. The van der Waals surface area contributed by atoms with E-state index >= 15 is 0 Å². The molecule has 0 saturated carbocycles. The van der Waals surface area contributed by atoms with Crippen LogP contribution in [0.4, 0.5) is 5.69 Å². The van der Waals surface area contributed by atoms with Crippen molar-refractivity contribution in [1.82, 2.24) is 5.32 Å². The lowest BCUT2D eigenvalue weighted by atomic mass is 10.1. The number of thiocarbonyl (C=S) groups is 1. The largest absolute Gasteiger partial charge is 0.497 e. The number of hydrogen-bond acceptors (Lipinski definition) is 3. The van der Waals surface area contributed by atoms with Gasteiger partial charge in [0.05, 0.1) is 19.9 Å². The average molecular weight is 351 g/mol. The van der Waals surface area contributed by atoms with E-state index in [1.54, 1.807) is 32.4 Å². The first-order valence-electron chi connectivity index (χ1n) is 7.13. The van der Waals surface area contributed by atoms with Crippen LogP contribution < -0.4 is 20.1 Å². The molecule has 0 saturated heterocycles. The van der Waals surface area contributed by atoms with Gasteiger partial charge in [-0.1, -0.05) is 23.7 Å². The Kier molecular flexibility index (Phi) is 6.50. The van der Waals surface area contributed by atoms with Gasteiger partial charge in [-0.05, 0) is 54.5 Å². The van der Waals surface area contributed by atoms with Crippen LogP contribution in [0.5, 0.6) is 11.5 Å². The summed E-state index contributed by atoms with van der Waals surface area (Å²) in [5.74, 6) is 1.54. The highest BCUT2D eigenvalue weighted by atomic mass is 35.5. The summed E-state index contributed by atoms with van der Waals surface area (Å²) in [6, 6.07) is 13.3. The number of ether oxygens (including phenoxy) is 2. The molecule has 6 heteroatoms. The normalized spacial score (nSPS) is 10.0. The van der Waals surface area contributed by atoms with Crippen molar-refractivity contribution in [3.05, 3.63) is 53.1 Å². The molecule has 0 radical (unpaired) electrons. The van der Waals surface area contributed by atoms with Crippen LogP contribution in [0, 0.1) is 0 Å². The first kappa shape index (κ1) is 17.4. The summed E-state index contributed by atoms with van der Waals surface area (Å²) in [6.07, 6.45) is 0.839. The Balaban J connectivity index is 1.87. The van der Waals surface area contributed by atoms with Gasteiger partial charge >= 0.3 is 0 Å². The Labute approximate surface area is 146 Å². The fourth-order valence-corrected chi connectivity index (χ4v) is 2.48. The van der Waals surface area contributed by atoms with Crippen LogP contribution in [0.2, 0.25) is 5.02 Å². The van der Waals surface area contributed by atoms with E-state index < -0.39 is 0 Å². The number of nitrogens with one attached hydrogen (secondary N) is 2. The molecule has 0 fully saturated rings. The topological polar surface area (TPSA) is 42.5 Å². The van der Waals surface area contributed by atoms with E-state index in [2.05, 4.69) is 16.7 Å². The zero-order valence-corrected chi connectivity index (χ0v) is 14.6. The van der Waals surface area contributed by atoms with E-state index in [1.165, 1.54) is 5.56 Å². The van der Waals surface area contributed by atoms with Gasteiger partial charge in [0.2, 0.25) is 0 Å². The first-order valence-corrected chi connectivity index (χ1v) is 7.92. The van der Waals surface area contributed by atoms with E-state index in [-0.39, 0.29) is 0 Å². The molecule has 0 heterocycles. The summed E-state index contributed by atoms with van der Waals surface area (Å²) < 4.78 is 10.5. The third-order valence-electron chi connectivity index (χ3n) is 3.24. The Bertz CT molecular complexity index is 679. The molecule has 2 N–H and O–H groups in total. The second-order valence-corrected chi connectivity index (χ2v) is 5.67. The molecule has 0 amide bonds. The molecule has 2 aromatic carbocycles. The van der Waals surface area contributed by atoms with Gasteiger partial charge in [-0.25, -0.2) is 0 Å². The van der Waals surface area contributed by atoms with Crippen molar-refractivity contribution in [2.45, 2.75) is 6.42 Å². The molecule has 4 nitrogen and oxygen atoms in total. The van der Waals surface area contributed by atoms with Crippen molar-refractivity contribution < 1.29 is 9.47 Å². The van der Waals surface area contributed by atoms with Crippen LogP contribution in [0.1, 0.15) is 5.56 Å². The van der Waals surface area contributed by atoms with Gasteiger partial charge in [0.1, 0.15) is 11.5 Å². The van der Waals surface area contributed by atoms with Gasteiger partial charge in [0.15, 0.2) is 5.11 Å². The van der Waals surface area contributed by atoms with E-state index in [4.69, 9.17) is 33.3 Å². The molecule has 0 aliphatic carbocycles. The van der Waals surface area contributed by atoms with Crippen molar-refractivity contribution in [3.8, 4) is 11.5 Å². The number of anilines is 1. The molecule has 122 valence electrons. The number of hydrogen-bond donors (Lipinski definition) is 2. The minimum absolute atomic E-state index is 0.522. The Morgan fingerprint density at radius 3 is 2.70 bits per heavy atom. The van der Waals surface area contributed by atoms with Crippen molar-refractivity contribution in [2.24, 2.45) is 0 Å². The van der Waals surface area contributed by atoms with E-state index in [1.807, 2.05) is 18.2 Å². The predicted octanol–water partition coefficient (Wildman–Crippen LogP) is 3.89. The number of methoxy groups -OCH3 is 2. The fourth-order valence-electron chi connectivity index (χ4n) is 2.09. The highest BCUT2D eigenvalue weighted by Gasteiger charge is 2.05. The number of halogens is 1. The zero-order valence-electron chi connectivity index (χ0n) is 13.1. The van der Waals surface area contributed by atoms with E-state index in [9.17, 15) is 0 Å². The summed E-state index contributed by atoms with van der Waals surface area (Å²) >= 11 is 11.3. The molecule has 0 unspecified atom stereocenters. The van der Waals surface area contributed by atoms with Crippen molar-refractivity contribution in [3.63, 3.8) is 0 Å². The van der Waals surface area contributed by atoms with Gasteiger partial charge in [-0.3, -0.25) is 0 Å². The monoisotopic (exact) mass is 350 g/mol. The van der Waals surface area contributed by atoms with Crippen LogP contribution in [-0.4, -0.2) is 25.9 Å². The molecule has 23 heavy (non-hydrogen) atoms. The lowest BCUT2D eigenvalue weighted by molar-refractivity contribution is 0.414. The summed E-state index contributed by atoms with van der Waals surface area (Å²) in [7, 11) is 3.27. The predicted molar refractivity (Wildman–Crippen MR) is 98.9 cm³/mol. The minimum atomic E-state index is 0.522. The maximum Gasteiger partial charge on any atom is 0.170 e. The quantitative estimate of drug-likeness (QED) is 0.774. The molecule has 0 aliphatic rings. The molecule has 0 bridgehead atoms. The molecule has 0 atom stereocenters. The van der Waals surface area contributed by atoms with Crippen LogP contribution >= 0.6 is 23.8 Å². The Morgan fingerprint density at radius 1 is 1.13 bits per heavy atom. The van der Waals surface area contributed by atoms with Gasteiger partial charge in [0, 0.05) is 11.6 Å². The summed E-state index contributed by atoms with van der Waals surface area (Å²) in [6.45, 7) is 0.710. The van der Waals surface area contributed by atoms with E-state index in [0.717, 1.165) is 17.9 Å². The standard InChI is InChI=1S/C17H19ClN2O2S/c1-21-14-5-3-4-12(10-14)8-9-19-17(23)20-15-11-13(18)6-7-16(15)22-2/h3-7,10-11H,8-9H2,1-2H3,(H2,19,20,23). The molecular weight excluding hydrogens is 332 g/mol. The van der Waals surface area contributed by atoms with Gasteiger partial charge in [-0.2, -0.15) is 0 Å². The van der Waals surface area contributed by atoms with Crippen LogP contribution in [0.25, 0.3) is 0 Å². The molecule has 2 aromatic rings. The molecular formula is C17H19ClN2O2S. The summed E-state index contributed by atoms with van der Waals surface area (Å²) in [5.41, 5.74) is 1.92. The maximum atomic E-state index is 6.00. The van der Waals surface area contributed by atoms with Gasteiger partial charge in [0.25, 0.3) is 0 Å². The lowest BCUT2D eigenvalue weighted by Gasteiger charge is -2.14. The van der Waals surface area contributed by atoms with Crippen molar-refractivity contribution >= 4 is 34.6 Å². The van der Waals surface area contributed by atoms with Crippen molar-refractivity contribution in [1.29, 1.82) is 0 Å². The van der Waals surface area contributed by atoms with Gasteiger partial charge in [-0.15, -0.1) is 0 Å². The Hall–Kier alpha value is -1.98. The molecule has 0 spiro atoms. The molecule has 0 aromatic heterocycles. The first-order chi connectivity index (χ1) is 11.1. The number of benzene rings is 2. The highest BCUT2D eigenvalue weighted by Crippen LogP contribution is 2.27. The van der Waals surface area contributed by atoms with Crippen LogP contribution in [0.15, 0.2) is 42.5 Å². The lowest BCUT2D eigenvalue weighted by Crippen LogP contribution is -2.30. The highest BCUT2D eigenvalue weighted by molar-refractivity contribution is 7.80. The summed E-state index contributed by atoms with van der Waals surface area (Å²) in [4.78, 5) is 0. The third-order valence-corrected chi connectivity index (χ3v) is 3.72. The Morgan fingerprint density at radius 2 is 1.96 bits per heavy atom. The minimum Gasteiger partial charge on any atom is -0.497 e. The zero-order chi connectivity index (χ0) is 16.7. The number of rotatable bonds is 6. The SMILES string of the molecule is COc1cccc(CCNC(=S)Nc2cc(Cl)ccc2OC)c1. The van der Waals surface area contributed by atoms with Crippen LogP contribution in [0.3, 0.4) is 0 Å².